The van der Waals surface area contributed by atoms with E-state index < -0.39 is 23.9 Å². The van der Waals surface area contributed by atoms with E-state index in [2.05, 4.69) is 19.8 Å². The third-order valence-electron chi connectivity index (χ3n) is 2.67. The summed E-state index contributed by atoms with van der Waals surface area (Å²) in [6.45, 7) is 1.80. The number of methoxy groups -OCH3 is 2. The van der Waals surface area contributed by atoms with Crippen molar-refractivity contribution in [1.82, 2.24) is 10.3 Å². The zero-order valence-corrected chi connectivity index (χ0v) is 13.1. The molecule has 0 fully saturated rings. The second kappa shape index (κ2) is 9.19. The summed E-state index contributed by atoms with van der Waals surface area (Å²) in [6.07, 6.45) is 2.38. The Bertz CT molecular complexity index is 585. The molecule has 8 nitrogen and oxygen atoms in total. The number of rotatable bonds is 7. The Morgan fingerprint density at radius 3 is 2.52 bits per heavy atom. The molecule has 1 aromatic heterocycles. The molecule has 0 bridgehead atoms. The first-order chi connectivity index (χ1) is 11.0. The van der Waals surface area contributed by atoms with Crippen LogP contribution in [0, 0.1) is 0 Å². The fraction of sp³-hybridized carbons (Fsp3) is 0.333. The molecule has 1 unspecified atom stereocenters. The van der Waals surface area contributed by atoms with Gasteiger partial charge in [0.25, 0.3) is 0 Å². The summed E-state index contributed by atoms with van der Waals surface area (Å²) in [4.78, 5) is 39.3. The summed E-state index contributed by atoms with van der Waals surface area (Å²) in [6, 6.07) is 3.86. The molecule has 0 saturated heterocycles. The summed E-state index contributed by atoms with van der Waals surface area (Å²) in [5, 5.41) is 2.62. The van der Waals surface area contributed by atoms with Crippen molar-refractivity contribution in [2.24, 2.45) is 0 Å². The lowest BCUT2D eigenvalue weighted by Gasteiger charge is -2.18. The van der Waals surface area contributed by atoms with Crippen LogP contribution < -0.4 is 5.32 Å². The molecule has 0 aliphatic heterocycles. The fourth-order valence-electron chi connectivity index (χ4n) is 1.63. The molecular formula is C15H18N2O6. The van der Waals surface area contributed by atoms with Gasteiger partial charge in [0.15, 0.2) is 6.04 Å². The summed E-state index contributed by atoms with van der Waals surface area (Å²) in [5.74, 6) is -2.26. The largest absolute Gasteiger partial charge is 0.466 e. The number of hydrogen-bond acceptors (Lipinski definition) is 8. The smallest absolute Gasteiger partial charge is 0.354 e. The van der Waals surface area contributed by atoms with Crippen molar-refractivity contribution in [3.8, 4) is 0 Å². The van der Waals surface area contributed by atoms with Crippen molar-refractivity contribution in [3.05, 3.63) is 41.9 Å². The van der Waals surface area contributed by atoms with Gasteiger partial charge in [-0.15, -0.1) is 0 Å². The van der Waals surface area contributed by atoms with Gasteiger partial charge in [-0.25, -0.2) is 14.4 Å². The predicted octanol–water partition coefficient (Wildman–Crippen LogP) is 0.505. The van der Waals surface area contributed by atoms with Crippen LogP contribution in [0.2, 0.25) is 0 Å². The maximum atomic E-state index is 12.1. The van der Waals surface area contributed by atoms with E-state index in [1.807, 2.05) is 0 Å². The zero-order chi connectivity index (χ0) is 17.2. The van der Waals surface area contributed by atoms with Gasteiger partial charge in [0.1, 0.15) is 5.70 Å². The van der Waals surface area contributed by atoms with Crippen molar-refractivity contribution >= 4 is 17.9 Å². The molecule has 0 spiro atoms. The molecule has 23 heavy (non-hydrogen) atoms. The number of aromatic nitrogens is 1. The normalized spacial score (nSPS) is 12.0. The minimum atomic E-state index is -1.08. The van der Waals surface area contributed by atoms with Crippen LogP contribution >= 0.6 is 0 Å². The second-order valence-corrected chi connectivity index (χ2v) is 4.16. The lowest BCUT2D eigenvalue weighted by atomic mass is 10.1. The van der Waals surface area contributed by atoms with Crippen molar-refractivity contribution in [2.45, 2.75) is 13.0 Å². The van der Waals surface area contributed by atoms with Crippen molar-refractivity contribution in [3.63, 3.8) is 0 Å². The van der Waals surface area contributed by atoms with Crippen molar-refractivity contribution < 1.29 is 28.6 Å². The van der Waals surface area contributed by atoms with Gasteiger partial charge < -0.3 is 19.5 Å². The van der Waals surface area contributed by atoms with Gasteiger partial charge in [0, 0.05) is 6.20 Å². The summed E-state index contributed by atoms with van der Waals surface area (Å²) >= 11 is 0. The minimum Gasteiger partial charge on any atom is -0.466 e. The Labute approximate surface area is 133 Å². The third-order valence-corrected chi connectivity index (χ3v) is 2.67. The van der Waals surface area contributed by atoms with E-state index in [0.717, 1.165) is 20.3 Å². The van der Waals surface area contributed by atoms with Crippen molar-refractivity contribution in [1.29, 1.82) is 0 Å². The molecule has 1 atom stereocenters. The van der Waals surface area contributed by atoms with Gasteiger partial charge in [-0.1, -0.05) is 6.07 Å². The monoisotopic (exact) mass is 322 g/mol. The number of pyridine rings is 1. The van der Waals surface area contributed by atoms with E-state index >= 15 is 0 Å². The highest BCUT2D eigenvalue weighted by atomic mass is 16.5. The molecule has 1 heterocycles. The van der Waals surface area contributed by atoms with Crippen LogP contribution in [0.5, 0.6) is 0 Å². The number of carbonyl (C=O) groups excluding carboxylic acids is 3. The van der Waals surface area contributed by atoms with E-state index in [-0.39, 0.29) is 12.3 Å². The van der Waals surface area contributed by atoms with E-state index in [1.165, 1.54) is 6.20 Å². The van der Waals surface area contributed by atoms with Crippen LogP contribution in [0.15, 0.2) is 36.2 Å². The third kappa shape index (κ3) is 5.42. The Hall–Kier alpha value is -2.90. The number of carbonyl (C=O) groups is 3. The molecule has 0 saturated carbocycles. The van der Waals surface area contributed by atoms with E-state index in [0.29, 0.717) is 5.69 Å². The highest BCUT2D eigenvalue weighted by Gasteiger charge is 2.26. The number of esters is 3. The van der Waals surface area contributed by atoms with Crippen LogP contribution in [0.4, 0.5) is 0 Å². The van der Waals surface area contributed by atoms with Crippen LogP contribution in [-0.2, 0) is 28.6 Å². The molecule has 0 aliphatic rings. The molecule has 0 aromatic carbocycles. The quantitative estimate of drug-likeness (QED) is 0.440. The van der Waals surface area contributed by atoms with Gasteiger partial charge in [0.05, 0.1) is 32.6 Å². The highest BCUT2D eigenvalue weighted by molar-refractivity contribution is 5.96. The van der Waals surface area contributed by atoms with Crippen LogP contribution in [0.3, 0.4) is 0 Å². The van der Waals surface area contributed by atoms with Crippen molar-refractivity contribution in [2.75, 3.05) is 20.8 Å². The summed E-state index contributed by atoms with van der Waals surface area (Å²) in [7, 11) is 2.31. The topological polar surface area (TPSA) is 104 Å². The van der Waals surface area contributed by atoms with Crippen LogP contribution in [0.25, 0.3) is 0 Å². The molecular weight excluding hydrogens is 304 g/mol. The van der Waals surface area contributed by atoms with Gasteiger partial charge in [-0.2, -0.15) is 0 Å². The average molecular weight is 322 g/mol. The molecule has 124 valence electrons. The van der Waals surface area contributed by atoms with Gasteiger partial charge in [-0.3, -0.25) is 4.98 Å². The average Bonchev–Trinajstić information content (AvgIpc) is 2.58. The lowest BCUT2D eigenvalue weighted by molar-refractivity contribution is -0.146. The van der Waals surface area contributed by atoms with E-state index in [4.69, 9.17) is 4.74 Å². The highest BCUT2D eigenvalue weighted by Crippen LogP contribution is 2.14. The minimum absolute atomic E-state index is 0.151. The zero-order valence-electron chi connectivity index (χ0n) is 13.1. The molecule has 0 aliphatic carbocycles. The summed E-state index contributed by atoms with van der Waals surface area (Å²) in [5.41, 5.74) is 0.0775. The number of ether oxygens (including phenoxy) is 3. The Kier molecular flexibility index (Phi) is 7.25. The summed E-state index contributed by atoms with van der Waals surface area (Å²) < 4.78 is 14.0. The van der Waals surface area contributed by atoms with Gasteiger partial charge in [0.2, 0.25) is 0 Å². The molecule has 0 amide bonds. The van der Waals surface area contributed by atoms with E-state index in [9.17, 15) is 14.4 Å². The first kappa shape index (κ1) is 18.1. The molecule has 1 aromatic rings. The van der Waals surface area contributed by atoms with Gasteiger partial charge >= 0.3 is 17.9 Å². The van der Waals surface area contributed by atoms with Crippen LogP contribution in [-0.4, -0.2) is 43.7 Å². The van der Waals surface area contributed by atoms with Gasteiger partial charge in [-0.05, 0) is 19.1 Å². The SMILES string of the molecule is CCOC(=O)C(N/C(=C/C(=O)OC)C(=O)OC)c1ccccn1. The number of nitrogens with one attached hydrogen (secondary N) is 1. The maximum absolute atomic E-state index is 12.1. The molecule has 1 rings (SSSR count). The number of hydrogen-bond donors (Lipinski definition) is 1. The lowest BCUT2D eigenvalue weighted by Crippen LogP contribution is -2.34. The van der Waals surface area contributed by atoms with E-state index in [1.54, 1.807) is 25.1 Å². The first-order valence-corrected chi connectivity index (χ1v) is 6.75. The predicted molar refractivity (Wildman–Crippen MR) is 78.9 cm³/mol. The first-order valence-electron chi connectivity index (χ1n) is 6.75. The second-order valence-electron chi connectivity index (χ2n) is 4.16. The Balaban J connectivity index is 3.15. The standard InChI is InChI=1S/C15H18N2O6/c1-4-23-15(20)13(10-7-5-6-8-16-10)17-11(14(19)22-3)9-12(18)21-2/h5-9,13,17H,4H2,1-3H3/b11-9+. The molecule has 8 heteroatoms. The molecule has 1 N–H and O–H groups in total. The molecule has 0 radical (unpaired) electrons. The Morgan fingerprint density at radius 1 is 1.26 bits per heavy atom. The number of nitrogens with zero attached hydrogens (tertiary/aromatic N) is 1. The maximum Gasteiger partial charge on any atom is 0.354 e. The fourth-order valence-corrected chi connectivity index (χ4v) is 1.63. The Morgan fingerprint density at radius 2 is 2.00 bits per heavy atom. The van der Waals surface area contributed by atoms with Crippen LogP contribution in [0.1, 0.15) is 18.7 Å².